The molecule has 1 N–H and O–H groups in total. The molecule has 0 radical (unpaired) electrons. The van der Waals surface area contributed by atoms with E-state index < -0.39 is 11.9 Å². The molecule has 20 heavy (non-hydrogen) atoms. The molecular weight excluding hydrogens is 348 g/mol. The fraction of sp³-hybridized carbons (Fsp3) is 0.200. The maximum absolute atomic E-state index is 14.1. The van der Waals surface area contributed by atoms with E-state index in [0.717, 1.165) is 5.56 Å². The quantitative estimate of drug-likeness (QED) is 0.760. The van der Waals surface area contributed by atoms with E-state index in [2.05, 4.69) is 21.2 Å². The van der Waals surface area contributed by atoms with Crippen LogP contribution < -0.4 is 5.32 Å². The standard InChI is InChI=1S/C15H13BrClF2N/c1-8-3-4-13(18)9(5-8)15(20-2)10-6-12(17)11(16)7-14(10)19/h3-7,15,20H,1-2H3. The molecule has 0 spiro atoms. The first-order valence-corrected chi connectivity index (χ1v) is 7.19. The van der Waals surface area contributed by atoms with E-state index in [0.29, 0.717) is 20.6 Å². The Bertz CT molecular complexity index is 646. The van der Waals surface area contributed by atoms with Gasteiger partial charge < -0.3 is 5.32 Å². The lowest BCUT2D eigenvalue weighted by Gasteiger charge is -2.19. The van der Waals surface area contributed by atoms with Crippen LogP contribution in [0.15, 0.2) is 34.8 Å². The molecule has 1 nitrogen and oxygen atoms in total. The highest BCUT2D eigenvalue weighted by molar-refractivity contribution is 9.10. The van der Waals surface area contributed by atoms with Crippen molar-refractivity contribution in [3.8, 4) is 0 Å². The van der Waals surface area contributed by atoms with Gasteiger partial charge in [0.15, 0.2) is 0 Å². The molecule has 0 aliphatic carbocycles. The first-order valence-electron chi connectivity index (χ1n) is 6.01. The molecule has 0 fully saturated rings. The third-order valence-electron chi connectivity index (χ3n) is 3.10. The van der Waals surface area contributed by atoms with Crippen LogP contribution in [-0.4, -0.2) is 7.05 Å². The molecule has 2 rings (SSSR count). The zero-order chi connectivity index (χ0) is 14.9. The molecule has 2 aromatic rings. The zero-order valence-electron chi connectivity index (χ0n) is 11.0. The fourth-order valence-corrected chi connectivity index (χ4v) is 2.61. The van der Waals surface area contributed by atoms with E-state index in [-0.39, 0.29) is 5.82 Å². The van der Waals surface area contributed by atoms with Crippen molar-refractivity contribution in [1.82, 2.24) is 5.32 Å². The highest BCUT2D eigenvalue weighted by atomic mass is 79.9. The summed E-state index contributed by atoms with van der Waals surface area (Å²) in [6, 6.07) is 6.95. The van der Waals surface area contributed by atoms with E-state index in [9.17, 15) is 8.78 Å². The molecule has 0 saturated heterocycles. The van der Waals surface area contributed by atoms with Crippen LogP contribution in [0, 0.1) is 18.6 Å². The summed E-state index contributed by atoms with van der Waals surface area (Å²) in [5, 5.41) is 3.32. The third kappa shape index (κ3) is 3.03. The highest BCUT2D eigenvalue weighted by Crippen LogP contribution is 2.32. The Morgan fingerprint density at radius 1 is 1.10 bits per heavy atom. The summed E-state index contributed by atoms with van der Waals surface area (Å²) in [4.78, 5) is 0. The summed E-state index contributed by atoms with van der Waals surface area (Å²) in [5.41, 5.74) is 1.61. The van der Waals surface area contributed by atoms with Crippen LogP contribution in [0.1, 0.15) is 22.7 Å². The van der Waals surface area contributed by atoms with Gasteiger partial charge in [-0.3, -0.25) is 0 Å². The van der Waals surface area contributed by atoms with Crippen LogP contribution in [0.2, 0.25) is 5.02 Å². The van der Waals surface area contributed by atoms with Crippen LogP contribution in [0.4, 0.5) is 8.78 Å². The van der Waals surface area contributed by atoms with Crippen LogP contribution in [0.5, 0.6) is 0 Å². The maximum atomic E-state index is 14.1. The lowest BCUT2D eigenvalue weighted by molar-refractivity contribution is 0.546. The average molecular weight is 361 g/mol. The second-order valence-corrected chi connectivity index (χ2v) is 5.80. The van der Waals surface area contributed by atoms with E-state index in [1.54, 1.807) is 19.2 Å². The average Bonchev–Trinajstić information content (AvgIpc) is 2.40. The predicted octanol–water partition coefficient (Wildman–Crippen LogP) is 5.00. The van der Waals surface area contributed by atoms with E-state index in [4.69, 9.17) is 11.6 Å². The van der Waals surface area contributed by atoms with Crippen molar-refractivity contribution < 1.29 is 8.78 Å². The van der Waals surface area contributed by atoms with Gasteiger partial charge in [-0.15, -0.1) is 0 Å². The molecule has 0 saturated carbocycles. The molecule has 0 aliphatic rings. The smallest absolute Gasteiger partial charge is 0.129 e. The molecule has 1 unspecified atom stereocenters. The molecule has 5 heteroatoms. The van der Waals surface area contributed by atoms with E-state index in [1.165, 1.54) is 18.2 Å². The summed E-state index contributed by atoms with van der Waals surface area (Å²) in [7, 11) is 1.65. The SMILES string of the molecule is CNC(c1cc(C)ccc1F)c1cc(Cl)c(Br)cc1F. The lowest BCUT2D eigenvalue weighted by atomic mass is 9.96. The Morgan fingerprint density at radius 2 is 1.75 bits per heavy atom. The largest absolute Gasteiger partial charge is 0.309 e. The first kappa shape index (κ1) is 15.4. The molecule has 106 valence electrons. The van der Waals surface area contributed by atoms with Gasteiger partial charge in [-0.25, -0.2) is 8.78 Å². The normalized spacial score (nSPS) is 12.5. The van der Waals surface area contributed by atoms with Gasteiger partial charge in [0.25, 0.3) is 0 Å². The van der Waals surface area contributed by atoms with E-state index in [1.807, 2.05) is 6.92 Å². The minimum absolute atomic E-state index is 0.310. The number of rotatable bonds is 3. The lowest BCUT2D eigenvalue weighted by Crippen LogP contribution is -2.20. The summed E-state index contributed by atoms with van der Waals surface area (Å²) >= 11 is 9.18. The van der Waals surface area contributed by atoms with Crippen molar-refractivity contribution in [2.24, 2.45) is 0 Å². The van der Waals surface area contributed by atoms with Crippen LogP contribution >= 0.6 is 27.5 Å². The highest BCUT2D eigenvalue weighted by Gasteiger charge is 2.21. The summed E-state index contributed by atoms with van der Waals surface area (Å²) in [6.07, 6.45) is 0. The fourth-order valence-electron chi connectivity index (χ4n) is 2.12. The molecule has 0 amide bonds. The second-order valence-electron chi connectivity index (χ2n) is 4.53. The molecule has 0 bridgehead atoms. The van der Waals surface area contributed by atoms with Crippen molar-refractivity contribution in [2.75, 3.05) is 7.05 Å². The minimum atomic E-state index is -0.597. The van der Waals surface area contributed by atoms with Gasteiger partial charge in [-0.2, -0.15) is 0 Å². The molecule has 0 aliphatic heterocycles. The molecule has 0 heterocycles. The topological polar surface area (TPSA) is 12.0 Å². The maximum Gasteiger partial charge on any atom is 0.129 e. The summed E-state index contributed by atoms with van der Waals surface area (Å²) in [6.45, 7) is 1.86. The minimum Gasteiger partial charge on any atom is -0.309 e. The van der Waals surface area contributed by atoms with Crippen LogP contribution in [-0.2, 0) is 0 Å². The van der Waals surface area contributed by atoms with Gasteiger partial charge in [-0.05, 0) is 48.1 Å². The van der Waals surface area contributed by atoms with Crippen LogP contribution in [0.3, 0.4) is 0 Å². The monoisotopic (exact) mass is 359 g/mol. The number of hydrogen-bond donors (Lipinski definition) is 1. The molecule has 2 aromatic carbocycles. The second kappa shape index (κ2) is 6.20. The number of halogens is 4. The summed E-state index contributed by atoms with van der Waals surface area (Å²) < 4.78 is 28.6. The van der Waals surface area contributed by atoms with Gasteiger partial charge in [0, 0.05) is 15.6 Å². The number of benzene rings is 2. The van der Waals surface area contributed by atoms with Crippen LogP contribution in [0.25, 0.3) is 0 Å². The Morgan fingerprint density at radius 3 is 2.40 bits per heavy atom. The zero-order valence-corrected chi connectivity index (χ0v) is 13.3. The molecule has 0 aromatic heterocycles. The van der Waals surface area contributed by atoms with Gasteiger partial charge >= 0.3 is 0 Å². The third-order valence-corrected chi connectivity index (χ3v) is 4.30. The first-order chi connectivity index (χ1) is 9.43. The van der Waals surface area contributed by atoms with Crippen molar-refractivity contribution in [1.29, 1.82) is 0 Å². The van der Waals surface area contributed by atoms with Crippen molar-refractivity contribution in [3.05, 3.63) is 68.2 Å². The van der Waals surface area contributed by atoms with Gasteiger partial charge in [0.2, 0.25) is 0 Å². The Hall–Kier alpha value is -0.970. The Labute approximate surface area is 130 Å². The summed E-state index contributed by atoms with van der Waals surface area (Å²) in [5.74, 6) is -0.824. The molecule has 1 atom stereocenters. The van der Waals surface area contributed by atoms with Crippen molar-refractivity contribution in [3.63, 3.8) is 0 Å². The van der Waals surface area contributed by atoms with Gasteiger partial charge in [0.05, 0.1) is 11.1 Å². The van der Waals surface area contributed by atoms with Crippen molar-refractivity contribution in [2.45, 2.75) is 13.0 Å². The van der Waals surface area contributed by atoms with Crippen molar-refractivity contribution >= 4 is 27.5 Å². The Kier molecular flexibility index (Phi) is 4.78. The van der Waals surface area contributed by atoms with E-state index >= 15 is 0 Å². The number of hydrogen-bond acceptors (Lipinski definition) is 1. The van der Waals surface area contributed by atoms with Gasteiger partial charge in [0.1, 0.15) is 11.6 Å². The van der Waals surface area contributed by atoms with Gasteiger partial charge in [-0.1, -0.05) is 29.3 Å². The Balaban J connectivity index is 2.58. The molecular formula is C15H13BrClF2N. The number of nitrogens with one attached hydrogen (secondary N) is 1. The predicted molar refractivity (Wildman–Crippen MR) is 81.1 cm³/mol. The number of aryl methyl sites for hydroxylation is 1.